The Labute approximate surface area is 108 Å². The van der Waals surface area contributed by atoms with Gasteiger partial charge in [0, 0.05) is 10.6 Å². The normalized spacial score (nSPS) is 11.0. The maximum Gasteiger partial charge on any atom is 0.183 e. The van der Waals surface area contributed by atoms with Crippen LogP contribution in [0.4, 0.5) is 5.82 Å². The predicted octanol–water partition coefficient (Wildman–Crippen LogP) is 2.56. The van der Waals surface area contributed by atoms with Gasteiger partial charge in [-0.25, -0.2) is 15.0 Å². The number of hydrogen-bond donors (Lipinski definition) is 2. The molecule has 0 radical (unpaired) electrons. The van der Waals surface area contributed by atoms with Crippen molar-refractivity contribution in [3.05, 3.63) is 35.1 Å². The second-order valence-corrected chi connectivity index (χ2v) is 4.44. The van der Waals surface area contributed by atoms with E-state index < -0.39 is 0 Å². The monoisotopic (exact) mass is 259 g/mol. The van der Waals surface area contributed by atoms with Crippen LogP contribution in [0.3, 0.4) is 0 Å². The summed E-state index contributed by atoms with van der Waals surface area (Å²) < 4.78 is 0. The molecule has 0 atom stereocenters. The molecule has 3 N–H and O–H groups in total. The van der Waals surface area contributed by atoms with Crippen LogP contribution in [-0.4, -0.2) is 19.9 Å². The lowest BCUT2D eigenvalue weighted by Crippen LogP contribution is -1.91. The lowest BCUT2D eigenvalue weighted by atomic mass is 10.1. The highest BCUT2D eigenvalue weighted by molar-refractivity contribution is 6.30. The summed E-state index contributed by atoms with van der Waals surface area (Å²) in [4.78, 5) is 15.5. The van der Waals surface area contributed by atoms with Crippen molar-refractivity contribution in [2.24, 2.45) is 0 Å². The van der Waals surface area contributed by atoms with Crippen molar-refractivity contribution in [2.75, 3.05) is 5.73 Å². The molecule has 1 aromatic carbocycles. The van der Waals surface area contributed by atoms with Gasteiger partial charge in [0.25, 0.3) is 0 Å². The number of imidazole rings is 1. The molecule has 0 unspecified atom stereocenters. The highest BCUT2D eigenvalue weighted by Gasteiger charge is 2.11. The maximum atomic E-state index is 6.00. The lowest BCUT2D eigenvalue weighted by molar-refractivity contribution is 1.21. The van der Waals surface area contributed by atoms with Gasteiger partial charge in [0.2, 0.25) is 0 Å². The third kappa shape index (κ3) is 1.69. The van der Waals surface area contributed by atoms with E-state index in [1.807, 2.05) is 25.1 Å². The molecule has 0 saturated heterocycles. The second-order valence-electron chi connectivity index (χ2n) is 4.00. The summed E-state index contributed by atoms with van der Waals surface area (Å²) in [6.07, 6.45) is 1.40. The fourth-order valence-corrected chi connectivity index (χ4v) is 2.00. The fraction of sp³-hybridized carbons (Fsp3) is 0.0833. The number of rotatable bonds is 1. The Balaban J connectivity index is 2.26. The number of nitrogen functional groups attached to an aromatic ring is 1. The maximum absolute atomic E-state index is 6.00. The number of hydrogen-bond acceptors (Lipinski definition) is 4. The number of nitrogens with zero attached hydrogens (tertiary/aromatic N) is 3. The Morgan fingerprint density at radius 2 is 2.11 bits per heavy atom. The molecule has 5 nitrogen and oxygen atoms in total. The zero-order valence-electron chi connectivity index (χ0n) is 9.61. The lowest BCUT2D eigenvalue weighted by Gasteiger charge is -2.02. The molecule has 6 heteroatoms. The third-order valence-electron chi connectivity index (χ3n) is 2.77. The van der Waals surface area contributed by atoms with Crippen molar-refractivity contribution >= 4 is 28.6 Å². The molecule has 0 spiro atoms. The first-order valence-electron chi connectivity index (χ1n) is 5.38. The highest BCUT2D eigenvalue weighted by atomic mass is 35.5. The molecular weight excluding hydrogens is 250 g/mol. The second kappa shape index (κ2) is 3.96. The average Bonchev–Trinajstić information content (AvgIpc) is 2.77. The molecule has 3 rings (SSSR count). The minimum atomic E-state index is 0.387. The van der Waals surface area contributed by atoms with Crippen LogP contribution in [-0.2, 0) is 0 Å². The Hall–Kier alpha value is -2.14. The summed E-state index contributed by atoms with van der Waals surface area (Å²) in [5.74, 6) is 1.08. The van der Waals surface area contributed by atoms with Gasteiger partial charge in [0.15, 0.2) is 11.5 Å². The van der Waals surface area contributed by atoms with Gasteiger partial charge in [-0.1, -0.05) is 17.7 Å². The van der Waals surface area contributed by atoms with Crippen molar-refractivity contribution < 1.29 is 0 Å². The van der Waals surface area contributed by atoms with Crippen LogP contribution in [0, 0.1) is 6.92 Å². The minimum absolute atomic E-state index is 0.387. The smallest absolute Gasteiger partial charge is 0.183 e. The molecule has 2 heterocycles. The van der Waals surface area contributed by atoms with Crippen LogP contribution in [0.2, 0.25) is 5.02 Å². The first kappa shape index (κ1) is 11.0. The first-order chi connectivity index (χ1) is 8.65. The van der Waals surface area contributed by atoms with E-state index in [9.17, 15) is 0 Å². The number of aryl methyl sites for hydroxylation is 1. The van der Waals surface area contributed by atoms with Crippen molar-refractivity contribution in [1.82, 2.24) is 19.9 Å². The standard InChI is InChI=1S/C12H10ClN5/c1-6-2-3-7(13)4-8(6)11-17-9-10(14)15-5-16-12(9)18-11/h2-5H,1H3,(H3,14,15,16,17,18). The molecule has 0 saturated carbocycles. The number of nitrogens with two attached hydrogens (primary N) is 1. The molecule has 3 aromatic rings. The van der Waals surface area contributed by atoms with E-state index in [-0.39, 0.29) is 0 Å². The number of halogens is 1. The summed E-state index contributed by atoms with van der Waals surface area (Å²) in [6, 6.07) is 5.65. The van der Waals surface area contributed by atoms with E-state index in [4.69, 9.17) is 17.3 Å². The Bertz CT molecular complexity index is 734. The van der Waals surface area contributed by atoms with Gasteiger partial charge >= 0.3 is 0 Å². The number of fused-ring (bicyclic) bond motifs is 1. The van der Waals surface area contributed by atoms with Crippen LogP contribution in [0.15, 0.2) is 24.5 Å². The van der Waals surface area contributed by atoms with Gasteiger partial charge in [-0.3, -0.25) is 0 Å². The third-order valence-corrected chi connectivity index (χ3v) is 3.01. The molecule has 0 fully saturated rings. The van der Waals surface area contributed by atoms with Crippen LogP contribution in [0.25, 0.3) is 22.6 Å². The number of nitrogens with one attached hydrogen (secondary N) is 1. The number of aromatic amines is 1. The molecule has 0 aliphatic heterocycles. The highest BCUT2D eigenvalue weighted by Crippen LogP contribution is 2.26. The summed E-state index contributed by atoms with van der Waals surface area (Å²) in [7, 11) is 0. The quantitative estimate of drug-likeness (QED) is 0.704. The summed E-state index contributed by atoms with van der Waals surface area (Å²) in [5.41, 5.74) is 8.97. The van der Waals surface area contributed by atoms with Gasteiger partial charge < -0.3 is 10.7 Å². The van der Waals surface area contributed by atoms with E-state index >= 15 is 0 Å². The SMILES string of the molecule is Cc1ccc(Cl)cc1-c1nc2ncnc(N)c2[nH]1. The zero-order chi connectivity index (χ0) is 12.7. The molecule has 0 bridgehead atoms. The van der Waals surface area contributed by atoms with Gasteiger partial charge in [0.05, 0.1) is 0 Å². The molecule has 0 aliphatic carbocycles. The van der Waals surface area contributed by atoms with Crippen LogP contribution < -0.4 is 5.73 Å². The van der Waals surface area contributed by atoms with Gasteiger partial charge in [-0.2, -0.15) is 0 Å². The fourth-order valence-electron chi connectivity index (χ4n) is 1.82. The number of anilines is 1. The zero-order valence-corrected chi connectivity index (χ0v) is 10.4. The van der Waals surface area contributed by atoms with E-state index in [0.29, 0.717) is 27.8 Å². The predicted molar refractivity (Wildman–Crippen MR) is 71.3 cm³/mol. The molecular formula is C12H10ClN5. The van der Waals surface area contributed by atoms with Gasteiger partial charge in [0.1, 0.15) is 17.7 Å². The van der Waals surface area contributed by atoms with E-state index in [2.05, 4.69) is 19.9 Å². The summed E-state index contributed by atoms with van der Waals surface area (Å²) >= 11 is 6.00. The van der Waals surface area contributed by atoms with Crippen molar-refractivity contribution in [2.45, 2.75) is 6.92 Å². The van der Waals surface area contributed by atoms with E-state index in [1.54, 1.807) is 0 Å². The largest absolute Gasteiger partial charge is 0.382 e. The van der Waals surface area contributed by atoms with Gasteiger partial charge in [-0.15, -0.1) is 0 Å². The van der Waals surface area contributed by atoms with Crippen molar-refractivity contribution in [3.63, 3.8) is 0 Å². The number of benzene rings is 1. The minimum Gasteiger partial charge on any atom is -0.382 e. The topological polar surface area (TPSA) is 80.5 Å². The van der Waals surface area contributed by atoms with Crippen molar-refractivity contribution in [1.29, 1.82) is 0 Å². The van der Waals surface area contributed by atoms with E-state index in [0.717, 1.165) is 11.1 Å². The molecule has 18 heavy (non-hydrogen) atoms. The van der Waals surface area contributed by atoms with Gasteiger partial charge in [-0.05, 0) is 24.6 Å². The van der Waals surface area contributed by atoms with Crippen LogP contribution >= 0.6 is 11.6 Å². The van der Waals surface area contributed by atoms with Crippen LogP contribution in [0.5, 0.6) is 0 Å². The Morgan fingerprint density at radius 3 is 2.89 bits per heavy atom. The first-order valence-corrected chi connectivity index (χ1v) is 5.75. The Kier molecular flexibility index (Phi) is 2.41. The van der Waals surface area contributed by atoms with E-state index in [1.165, 1.54) is 6.33 Å². The molecule has 2 aromatic heterocycles. The van der Waals surface area contributed by atoms with Crippen molar-refractivity contribution in [3.8, 4) is 11.4 Å². The molecule has 0 aliphatic rings. The Morgan fingerprint density at radius 1 is 1.28 bits per heavy atom. The van der Waals surface area contributed by atoms with Crippen LogP contribution in [0.1, 0.15) is 5.56 Å². The number of H-pyrrole nitrogens is 1. The summed E-state index contributed by atoms with van der Waals surface area (Å²) in [6.45, 7) is 1.99. The summed E-state index contributed by atoms with van der Waals surface area (Å²) in [5, 5.41) is 0.662. The average molecular weight is 260 g/mol. The molecule has 90 valence electrons. The molecule has 0 amide bonds. The number of aromatic nitrogens is 4.